The van der Waals surface area contributed by atoms with Crippen molar-refractivity contribution in [2.45, 2.75) is 32.4 Å². The lowest BCUT2D eigenvalue weighted by Gasteiger charge is -2.39. The zero-order valence-electron chi connectivity index (χ0n) is 18.3. The summed E-state index contributed by atoms with van der Waals surface area (Å²) in [4.78, 5) is 19.2. The van der Waals surface area contributed by atoms with Gasteiger partial charge < -0.3 is 19.9 Å². The van der Waals surface area contributed by atoms with Gasteiger partial charge in [0.15, 0.2) is 0 Å². The maximum atomic E-state index is 13.1. The number of rotatable bonds is 8. The Labute approximate surface area is 180 Å². The summed E-state index contributed by atoms with van der Waals surface area (Å²) in [5.74, 6) is -0.0877. The number of nitrogens with two attached hydrogens (primary N) is 1. The van der Waals surface area contributed by atoms with Crippen LogP contribution in [-0.4, -0.2) is 59.7 Å². The number of ether oxygens (including phenoxy) is 1. The van der Waals surface area contributed by atoms with Crippen molar-refractivity contribution < 1.29 is 18.3 Å². The Kier molecular flexibility index (Phi) is 6.94. The molecule has 0 bridgehead atoms. The lowest BCUT2D eigenvalue weighted by atomic mass is 9.91. The van der Waals surface area contributed by atoms with Crippen LogP contribution in [0.3, 0.4) is 0 Å². The van der Waals surface area contributed by atoms with Crippen molar-refractivity contribution in [1.29, 1.82) is 0 Å². The molecule has 1 aromatic carbocycles. The van der Waals surface area contributed by atoms with Gasteiger partial charge in [0.1, 0.15) is 5.75 Å². The molecule has 0 aliphatic carbocycles. The maximum Gasteiger partial charge on any atom is 0.387 e. The van der Waals surface area contributed by atoms with E-state index in [0.717, 1.165) is 16.3 Å². The summed E-state index contributed by atoms with van der Waals surface area (Å²) in [6.07, 6.45) is 5.71. The van der Waals surface area contributed by atoms with Crippen molar-refractivity contribution in [3.05, 3.63) is 40.8 Å². The SMILES string of the molecule is C/C=c1/ncn(C)/c1=C/C(C)N(C)c1ccc(C2CN(CC(N)=O)C2)cc1OC(F)F. The van der Waals surface area contributed by atoms with Crippen LogP contribution in [-0.2, 0) is 11.8 Å². The first-order valence-electron chi connectivity index (χ1n) is 10.2. The van der Waals surface area contributed by atoms with E-state index in [4.69, 9.17) is 10.5 Å². The standard InChI is InChI=1S/C22H29F2N5O2/c1-5-17-19(27(3)13-26-17)8-14(2)28(4)18-7-6-15(9-20(18)31-22(23)24)16-10-29(11-16)12-21(25)30/h5-9,13-14,16,22H,10-12H2,1-4H3,(H2,25,30)/b17-5+,19-8+. The van der Waals surface area contributed by atoms with Gasteiger partial charge in [0.25, 0.3) is 0 Å². The fraction of sp³-hybridized carbons (Fsp3) is 0.455. The molecular formula is C22H29F2N5O2. The molecule has 1 unspecified atom stereocenters. The zero-order chi connectivity index (χ0) is 22.7. The number of aromatic nitrogens is 2. The van der Waals surface area contributed by atoms with Crippen molar-refractivity contribution in [2.24, 2.45) is 12.8 Å². The van der Waals surface area contributed by atoms with E-state index in [2.05, 4.69) is 4.98 Å². The monoisotopic (exact) mass is 433 g/mol. The van der Waals surface area contributed by atoms with Crippen LogP contribution in [0.5, 0.6) is 5.75 Å². The molecule has 31 heavy (non-hydrogen) atoms. The van der Waals surface area contributed by atoms with Crippen molar-refractivity contribution in [3.63, 3.8) is 0 Å². The average molecular weight is 434 g/mol. The quantitative estimate of drug-likeness (QED) is 0.673. The fourth-order valence-corrected chi connectivity index (χ4v) is 3.84. The van der Waals surface area contributed by atoms with Crippen molar-refractivity contribution >= 4 is 23.7 Å². The molecule has 9 heteroatoms. The van der Waals surface area contributed by atoms with Gasteiger partial charge in [-0.1, -0.05) is 12.1 Å². The van der Waals surface area contributed by atoms with Gasteiger partial charge in [0, 0.05) is 39.1 Å². The van der Waals surface area contributed by atoms with E-state index in [1.54, 1.807) is 12.4 Å². The molecule has 1 aliphatic rings. The minimum atomic E-state index is -2.92. The average Bonchev–Trinajstić information content (AvgIpc) is 3.02. The van der Waals surface area contributed by atoms with E-state index in [1.165, 1.54) is 0 Å². The van der Waals surface area contributed by atoms with Gasteiger partial charge >= 0.3 is 6.61 Å². The van der Waals surface area contributed by atoms with Gasteiger partial charge in [-0.2, -0.15) is 8.78 Å². The number of carbonyl (C=O) groups is 1. The molecule has 7 nitrogen and oxygen atoms in total. The molecule has 2 heterocycles. The molecule has 1 amide bonds. The topological polar surface area (TPSA) is 76.6 Å². The van der Waals surface area contributed by atoms with Crippen molar-refractivity contribution in [2.75, 3.05) is 31.6 Å². The maximum absolute atomic E-state index is 13.1. The van der Waals surface area contributed by atoms with Crippen LogP contribution in [0.1, 0.15) is 25.3 Å². The Morgan fingerprint density at radius 2 is 2.13 bits per heavy atom. The summed E-state index contributed by atoms with van der Waals surface area (Å²) >= 11 is 0. The highest BCUT2D eigenvalue weighted by Gasteiger charge is 2.30. The van der Waals surface area contributed by atoms with Gasteiger partial charge in [0.05, 0.1) is 29.3 Å². The highest BCUT2D eigenvalue weighted by molar-refractivity contribution is 5.76. The van der Waals surface area contributed by atoms with Gasteiger partial charge in [0.2, 0.25) is 5.91 Å². The molecule has 1 saturated heterocycles. The number of imidazole rings is 1. The molecule has 1 fully saturated rings. The summed E-state index contributed by atoms with van der Waals surface area (Å²) in [5, 5.41) is 1.83. The number of alkyl halides is 2. The van der Waals surface area contributed by atoms with Gasteiger partial charge in [-0.15, -0.1) is 0 Å². The minimum absolute atomic E-state index is 0.102. The van der Waals surface area contributed by atoms with E-state index < -0.39 is 6.61 Å². The number of amides is 1. The van der Waals surface area contributed by atoms with Crippen LogP contribution in [0.25, 0.3) is 12.2 Å². The number of halogens is 2. The Morgan fingerprint density at radius 3 is 2.74 bits per heavy atom. The number of hydrogen-bond acceptors (Lipinski definition) is 5. The zero-order valence-corrected chi connectivity index (χ0v) is 18.3. The van der Waals surface area contributed by atoms with Crippen LogP contribution in [0, 0.1) is 0 Å². The van der Waals surface area contributed by atoms with E-state index in [1.807, 2.05) is 66.6 Å². The first-order chi connectivity index (χ1) is 14.7. The van der Waals surface area contributed by atoms with Gasteiger partial charge in [-0.05, 0) is 37.6 Å². The van der Waals surface area contributed by atoms with E-state index in [0.29, 0.717) is 18.8 Å². The number of primary amides is 1. The summed E-state index contributed by atoms with van der Waals surface area (Å²) in [5.41, 5.74) is 6.70. The Balaban J connectivity index is 1.86. The Hall–Kier alpha value is -2.94. The minimum Gasteiger partial charge on any atom is -0.433 e. The normalized spacial score (nSPS) is 17.1. The first-order valence-corrected chi connectivity index (χ1v) is 10.2. The van der Waals surface area contributed by atoms with Crippen LogP contribution in [0.2, 0.25) is 0 Å². The summed E-state index contributed by atoms with van der Waals surface area (Å²) in [6.45, 7) is 2.51. The fourth-order valence-electron chi connectivity index (χ4n) is 3.84. The van der Waals surface area contributed by atoms with Crippen molar-refractivity contribution in [1.82, 2.24) is 14.5 Å². The number of hydrogen-bond donors (Lipinski definition) is 1. The predicted molar refractivity (Wildman–Crippen MR) is 116 cm³/mol. The predicted octanol–water partition coefficient (Wildman–Crippen LogP) is 1.01. The van der Waals surface area contributed by atoms with Gasteiger partial charge in [-0.25, -0.2) is 4.98 Å². The third-order valence-corrected chi connectivity index (χ3v) is 5.68. The third-order valence-electron chi connectivity index (χ3n) is 5.68. The Bertz CT molecular complexity index is 1050. The third kappa shape index (κ3) is 5.22. The van der Waals surface area contributed by atoms with E-state index >= 15 is 0 Å². The number of anilines is 1. The van der Waals surface area contributed by atoms with Crippen LogP contribution in [0.15, 0.2) is 24.5 Å². The second-order valence-corrected chi connectivity index (χ2v) is 7.90. The second-order valence-electron chi connectivity index (χ2n) is 7.90. The highest BCUT2D eigenvalue weighted by atomic mass is 19.3. The summed E-state index contributed by atoms with van der Waals surface area (Å²) in [7, 11) is 3.76. The molecule has 1 aromatic heterocycles. The molecule has 2 aromatic rings. The second kappa shape index (κ2) is 9.47. The van der Waals surface area contributed by atoms with E-state index in [9.17, 15) is 13.6 Å². The van der Waals surface area contributed by atoms with Crippen LogP contribution >= 0.6 is 0 Å². The largest absolute Gasteiger partial charge is 0.433 e. The summed E-state index contributed by atoms with van der Waals surface area (Å²) in [6, 6.07) is 5.31. The number of carbonyl (C=O) groups excluding carboxylic acids is 1. The number of benzene rings is 1. The smallest absolute Gasteiger partial charge is 0.387 e. The first kappa shape index (κ1) is 22.7. The molecule has 0 saturated carbocycles. The number of likely N-dealkylation sites (tertiary alicyclic amines) is 1. The van der Waals surface area contributed by atoms with Crippen LogP contribution in [0.4, 0.5) is 14.5 Å². The van der Waals surface area contributed by atoms with Crippen LogP contribution < -0.4 is 26.1 Å². The molecule has 1 aliphatic heterocycles. The van der Waals surface area contributed by atoms with Crippen molar-refractivity contribution in [3.8, 4) is 5.75 Å². The molecule has 3 rings (SSSR count). The highest BCUT2D eigenvalue weighted by Crippen LogP contribution is 2.36. The van der Waals surface area contributed by atoms with Gasteiger partial charge in [-0.3, -0.25) is 9.69 Å². The lowest BCUT2D eigenvalue weighted by molar-refractivity contribution is -0.120. The molecule has 1 atom stereocenters. The number of aryl methyl sites for hydroxylation is 1. The molecule has 2 N–H and O–H groups in total. The molecular weight excluding hydrogens is 404 g/mol. The molecule has 0 radical (unpaired) electrons. The molecule has 0 spiro atoms. The summed E-state index contributed by atoms with van der Waals surface area (Å²) < 4.78 is 33.1. The lowest BCUT2D eigenvalue weighted by Crippen LogP contribution is -2.48. The molecule has 168 valence electrons. The number of nitrogens with zero attached hydrogens (tertiary/aromatic N) is 4. The van der Waals surface area contributed by atoms with E-state index in [-0.39, 0.29) is 30.2 Å². The Morgan fingerprint density at radius 1 is 1.42 bits per heavy atom.